The van der Waals surface area contributed by atoms with Gasteiger partial charge in [-0.25, -0.2) is 4.99 Å². The van der Waals surface area contributed by atoms with Crippen LogP contribution in [0.2, 0.25) is 0 Å². The van der Waals surface area contributed by atoms with Crippen molar-refractivity contribution in [1.29, 1.82) is 0 Å². The number of nitrogens with two attached hydrogens (primary N) is 1. The number of rotatable bonds is 2. The fourth-order valence-corrected chi connectivity index (χ4v) is 1.80. The van der Waals surface area contributed by atoms with Gasteiger partial charge in [-0.3, -0.25) is 0 Å². The van der Waals surface area contributed by atoms with Gasteiger partial charge in [-0.05, 0) is 31.0 Å². The van der Waals surface area contributed by atoms with Gasteiger partial charge in [0.1, 0.15) is 6.54 Å². The molecule has 120 valence electrons. The molecule has 22 heavy (non-hydrogen) atoms. The average molecular weight is 423 g/mol. The van der Waals surface area contributed by atoms with Crippen LogP contribution < -0.4 is 5.73 Å². The molecule has 1 aliphatic rings. The highest BCUT2D eigenvalue weighted by Gasteiger charge is 2.30. The second-order valence-corrected chi connectivity index (χ2v) is 4.90. The van der Waals surface area contributed by atoms with Gasteiger partial charge in [0.15, 0.2) is 5.96 Å². The van der Waals surface area contributed by atoms with Gasteiger partial charge in [-0.1, -0.05) is 17.9 Å². The van der Waals surface area contributed by atoms with Crippen LogP contribution in [0.5, 0.6) is 0 Å². The number of nitrogens with zero attached hydrogens (tertiary/aromatic N) is 2. The summed E-state index contributed by atoms with van der Waals surface area (Å²) in [5, 5.41) is 0. The monoisotopic (exact) mass is 423 g/mol. The van der Waals surface area contributed by atoms with Crippen LogP contribution in [0.3, 0.4) is 0 Å². The lowest BCUT2D eigenvalue weighted by Gasteiger charge is -2.16. The molecule has 1 aromatic carbocycles. The molecule has 1 saturated carbocycles. The molecule has 0 heterocycles. The third kappa shape index (κ3) is 5.40. The molecule has 3 nitrogen and oxygen atoms in total. The first-order valence-corrected chi connectivity index (χ1v) is 6.57. The molecule has 0 aliphatic heterocycles. The lowest BCUT2D eigenvalue weighted by Crippen LogP contribution is -2.35. The maximum absolute atomic E-state index is 12.5. The average Bonchev–Trinajstić information content (AvgIpc) is 3.26. The third-order valence-corrected chi connectivity index (χ3v) is 3.20. The van der Waals surface area contributed by atoms with Gasteiger partial charge in [0.2, 0.25) is 0 Å². The summed E-state index contributed by atoms with van der Waals surface area (Å²) in [5.41, 5.74) is 5.39. The second kappa shape index (κ2) is 7.72. The maximum Gasteiger partial charge on any atom is 0.416 e. The van der Waals surface area contributed by atoms with Crippen molar-refractivity contribution in [3.05, 3.63) is 35.4 Å². The molecule has 1 aromatic rings. The Morgan fingerprint density at radius 1 is 1.41 bits per heavy atom. The van der Waals surface area contributed by atoms with Crippen LogP contribution in [-0.4, -0.2) is 30.5 Å². The Morgan fingerprint density at radius 2 is 2.09 bits per heavy atom. The first kappa shape index (κ1) is 18.6. The van der Waals surface area contributed by atoms with Gasteiger partial charge < -0.3 is 10.6 Å². The highest BCUT2D eigenvalue weighted by molar-refractivity contribution is 14.0. The molecule has 0 bridgehead atoms. The van der Waals surface area contributed by atoms with E-state index in [4.69, 9.17) is 5.73 Å². The number of benzene rings is 1. The van der Waals surface area contributed by atoms with Gasteiger partial charge in [-0.2, -0.15) is 13.2 Å². The first-order valence-electron chi connectivity index (χ1n) is 6.57. The number of aliphatic imine (C=N–C) groups is 1. The SMILES string of the molecule is CN(C(N)=NCC#Cc1cccc(C(F)(F)F)c1)C1CC1.I. The van der Waals surface area contributed by atoms with Crippen molar-refractivity contribution in [3.8, 4) is 11.8 Å². The van der Waals surface area contributed by atoms with E-state index in [0.717, 1.165) is 25.0 Å². The Labute approximate surface area is 144 Å². The Kier molecular flexibility index (Phi) is 6.53. The highest BCUT2D eigenvalue weighted by atomic mass is 127. The molecule has 1 fully saturated rings. The smallest absolute Gasteiger partial charge is 0.370 e. The highest BCUT2D eigenvalue weighted by Crippen LogP contribution is 2.29. The van der Waals surface area contributed by atoms with Gasteiger partial charge >= 0.3 is 6.18 Å². The number of alkyl halides is 3. The van der Waals surface area contributed by atoms with Gasteiger partial charge in [0.05, 0.1) is 5.56 Å². The van der Waals surface area contributed by atoms with E-state index in [1.807, 2.05) is 11.9 Å². The minimum atomic E-state index is -4.35. The van der Waals surface area contributed by atoms with E-state index in [-0.39, 0.29) is 30.5 Å². The quantitative estimate of drug-likeness (QED) is 0.344. The molecule has 2 N–H and O–H groups in total. The van der Waals surface area contributed by atoms with Crippen LogP contribution in [0.1, 0.15) is 24.0 Å². The fourth-order valence-electron chi connectivity index (χ4n) is 1.80. The predicted octanol–water partition coefficient (Wildman–Crippen LogP) is 3.08. The third-order valence-electron chi connectivity index (χ3n) is 3.20. The zero-order valence-corrected chi connectivity index (χ0v) is 14.4. The van der Waals surface area contributed by atoms with Crippen molar-refractivity contribution < 1.29 is 13.2 Å². The second-order valence-electron chi connectivity index (χ2n) is 4.90. The van der Waals surface area contributed by atoms with E-state index in [9.17, 15) is 13.2 Å². The molecular formula is C15H17F3IN3. The minimum Gasteiger partial charge on any atom is -0.370 e. The molecule has 0 radical (unpaired) electrons. The van der Waals surface area contributed by atoms with E-state index < -0.39 is 11.7 Å². The van der Waals surface area contributed by atoms with Crippen LogP contribution in [0.15, 0.2) is 29.3 Å². The van der Waals surface area contributed by atoms with E-state index in [1.54, 1.807) is 0 Å². The summed E-state index contributed by atoms with van der Waals surface area (Å²) in [6.45, 7) is 0.166. The number of guanidine groups is 1. The van der Waals surface area contributed by atoms with Gasteiger partial charge in [0.25, 0.3) is 0 Å². The lowest BCUT2D eigenvalue weighted by atomic mass is 10.1. The van der Waals surface area contributed by atoms with Crippen LogP contribution in [-0.2, 0) is 6.18 Å². The summed E-state index contributed by atoms with van der Waals surface area (Å²) < 4.78 is 37.6. The van der Waals surface area contributed by atoms with Gasteiger partial charge in [0, 0.05) is 18.7 Å². The molecule has 0 saturated heterocycles. The molecule has 0 amide bonds. The Morgan fingerprint density at radius 3 is 2.68 bits per heavy atom. The molecule has 1 aliphatic carbocycles. The van der Waals surface area contributed by atoms with Crippen molar-refractivity contribution in [2.45, 2.75) is 25.1 Å². The molecule has 0 unspecified atom stereocenters. The summed E-state index contributed by atoms with van der Waals surface area (Å²) in [7, 11) is 1.87. The Bertz CT molecular complexity index is 598. The fraction of sp³-hybridized carbons (Fsp3) is 0.400. The van der Waals surface area contributed by atoms with Crippen molar-refractivity contribution in [1.82, 2.24) is 4.90 Å². The zero-order chi connectivity index (χ0) is 15.5. The topological polar surface area (TPSA) is 41.6 Å². The first-order chi connectivity index (χ1) is 9.88. The largest absolute Gasteiger partial charge is 0.416 e. The molecule has 7 heteroatoms. The summed E-state index contributed by atoms with van der Waals surface area (Å²) in [4.78, 5) is 5.99. The van der Waals surface area contributed by atoms with Crippen molar-refractivity contribution >= 4 is 29.9 Å². The predicted molar refractivity (Wildman–Crippen MR) is 91.0 cm³/mol. The normalized spacial score (nSPS) is 14.6. The molecule has 0 atom stereocenters. The van der Waals surface area contributed by atoms with Crippen LogP contribution in [0, 0.1) is 11.8 Å². The summed E-state index contributed by atoms with van der Waals surface area (Å²) in [6, 6.07) is 5.38. The van der Waals surface area contributed by atoms with Gasteiger partial charge in [-0.15, -0.1) is 24.0 Å². The van der Waals surface area contributed by atoms with Crippen LogP contribution in [0.25, 0.3) is 0 Å². The molecule has 0 spiro atoms. The summed E-state index contributed by atoms with van der Waals surface area (Å²) >= 11 is 0. The maximum atomic E-state index is 12.5. The molecule has 0 aromatic heterocycles. The van der Waals surface area contributed by atoms with Crippen molar-refractivity contribution in [2.75, 3.05) is 13.6 Å². The summed E-state index contributed by atoms with van der Waals surface area (Å²) in [5.74, 6) is 5.79. The van der Waals surface area contributed by atoms with Crippen LogP contribution in [0.4, 0.5) is 13.2 Å². The number of hydrogen-bond acceptors (Lipinski definition) is 1. The standard InChI is InChI=1S/C15H16F3N3.HI/c1-21(13-7-8-13)14(19)20-9-3-5-11-4-2-6-12(10-11)15(16,17)18;/h2,4,6,10,13H,7-9H2,1H3,(H2,19,20);1H. The molecular weight excluding hydrogens is 406 g/mol. The van der Waals surface area contributed by atoms with Crippen LogP contribution >= 0.6 is 24.0 Å². The minimum absolute atomic E-state index is 0. The van der Waals surface area contributed by atoms with E-state index in [1.165, 1.54) is 12.1 Å². The van der Waals surface area contributed by atoms with Crippen molar-refractivity contribution in [3.63, 3.8) is 0 Å². The van der Waals surface area contributed by atoms with E-state index in [2.05, 4.69) is 16.8 Å². The summed E-state index contributed by atoms with van der Waals surface area (Å²) in [6.07, 6.45) is -2.13. The van der Waals surface area contributed by atoms with E-state index >= 15 is 0 Å². The molecule has 2 rings (SSSR count). The number of hydrogen-bond donors (Lipinski definition) is 1. The van der Waals surface area contributed by atoms with Crippen molar-refractivity contribution in [2.24, 2.45) is 10.7 Å². The zero-order valence-electron chi connectivity index (χ0n) is 12.0. The lowest BCUT2D eigenvalue weighted by molar-refractivity contribution is -0.137. The van der Waals surface area contributed by atoms with E-state index in [0.29, 0.717) is 17.6 Å². The Balaban J connectivity index is 0.00000242. The Hall–Kier alpha value is -1.43. The number of halogens is 4.